The summed E-state index contributed by atoms with van der Waals surface area (Å²) in [6.07, 6.45) is 1.31. The number of aliphatic hydroxyl groups is 2. The number of halogens is 1. The molecule has 4 aliphatic heterocycles. The predicted octanol–water partition coefficient (Wildman–Crippen LogP) is 5.65. The molecule has 118 heavy (non-hydrogen) atoms. The van der Waals surface area contributed by atoms with Gasteiger partial charge in [0.1, 0.15) is 82.7 Å². The van der Waals surface area contributed by atoms with Crippen molar-refractivity contribution in [2.24, 2.45) is 11.7 Å². The fourth-order valence-electron chi connectivity index (χ4n) is 14.8. The van der Waals surface area contributed by atoms with E-state index in [1.54, 1.807) is 86.8 Å². The summed E-state index contributed by atoms with van der Waals surface area (Å²) in [5.74, 6) is -6.68. The van der Waals surface area contributed by atoms with Crippen LogP contribution in [0, 0.1) is 5.92 Å². The molecule has 34 heteroatoms. The quantitative estimate of drug-likeness (QED) is 0.0124. The summed E-state index contributed by atoms with van der Waals surface area (Å²) in [4.78, 5) is 166. The van der Waals surface area contributed by atoms with Gasteiger partial charge in [-0.2, -0.15) is 0 Å². The van der Waals surface area contributed by atoms with E-state index in [0.717, 1.165) is 22.0 Å². The standard InChI is InChI=1S/C84H111ClN12O19S2/c1-48-21-20-28-67(113-10)84(111)46-66(114-82(110)94-84)49(2)74-83(5,116-74)68(45-71(102)96(7)64-42-54(39-48)43-65(112-9)72(64)85)115-81(109)50(3)95(6)70(101)34-38-118-117-37-33-69(100)87-36-19-17-27-63-78(106)91-60(40-53-29-31-56(99)32-30-53)76(104)90-61(44-55-47-88-58-25-15-14-24-57(55)58)77(105)89-59(26-16-18-35-86)75(103)93-73(51(4)98)79(107)92-62(80(108)97(63)8)41-52-22-12-11-13-23-52/h11-15,20-25,28-32,42-43,47,49-51,59-63,66-68,73-74,88,98-99,111H,16-19,26-27,33-41,44-46,86H2,1-10H3,(H,87,100)(H,89,105)(H,90,104)(H,91,106)(H,92,107)(H,93,103)(H,94,110)/b28-20+,48-21+/t49-,50+,51-,59+,60+,61-,62+,63+,66+,67-,68+,73+,74+,83-,84+/m1/s1. The van der Waals surface area contributed by atoms with Crippen LogP contribution in [0.4, 0.5) is 10.5 Å². The number of nitrogens with zero attached hydrogens (tertiary/aromatic N) is 3. The Morgan fingerprint density at radius 2 is 1.42 bits per heavy atom. The number of anilines is 1. The van der Waals surface area contributed by atoms with Gasteiger partial charge in [-0.15, -0.1) is 0 Å². The summed E-state index contributed by atoms with van der Waals surface area (Å²) < 4.78 is 29.7. The van der Waals surface area contributed by atoms with Gasteiger partial charge in [-0.3, -0.25) is 48.5 Å². The van der Waals surface area contributed by atoms with Crippen molar-refractivity contribution in [3.63, 3.8) is 0 Å². The fraction of sp³-hybridized carbons (Fsp3) is 0.512. The number of fused-ring (bicyclic) bond motifs is 6. The van der Waals surface area contributed by atoms with Gasteiger partial charge in [0.2, 0.25) is 53.2 Å². The number of rotatable bonds is 28. The average molecular weight is 1690 g/mol. The Balaban J connectivity index is 0.837. The highest BCUT2D eigenvalue weighted by Gasteiger charge is 2.65. The second-order valence-electron chi connectivity index (χ2n) is 30.7. The molecule has 31 nitrogen and oxygen atoms in total. The Labute approximate surface area is 699 Å². The van der Waals surface area contributed by atoms with Crippen LogP contribution in [0.5, 0.6) is 11.5 Å². The topological polar surface area (TPSA) is 434 Å². The zero-order chi connectivity index (χ0) is 85.7. The minimum absolute atomic E-state index is 0.00912. The van der Waals surface area contributed by atoms with Crippen LogP contribution in [0.15, 0.2) is 121 Å². The molecular weight excluding hydrogens is 1580 g/mol. The largest absolute Gasteiger partial charge is 0.508 e. The number of likely N-dealkylation sites (N-methyl/N-ethyl adjacent to an activating group) is 2. The number of carbonyl (C=O) groups excluding carboxylic acids is 11. The number of aliphatic hydroxyl groups excluding tert-OH is 1. The number of epoxide rings is 1. The number of nitrogens with two attached hydrogens (primary N) is 1. The van der Waals surface area contributed by atoms with Gasteiger partial charge in [0.05, 0.1) is 31.4 Å². The highest BCUT2D eigenvalue weighted by Crippen LogP contribution is 2.49. The van der Waals surface area contributed by atoms with E-state index < -0.39 is 156 Å². The van der Waals surface area contributed by atoms with Crippen molar-refractivity contribution >= 4 is 115 Å². The highest BCUT2D eigenvalue weighted by atomic mass is 35.5. The molecular formula is C84H111ClN12O19S2. The number of aromatic nitrogens is 1. The van der Waals surface area contributed by atoms with E-state index in [9.17, 15) is 53.7 Å². The van der Waals surface area contributed by atoms with Gasteiger partial charge < -0.3 is 96.3 Å². The molecule has 5 heterocycles. The number of para-hydroxylation sites is 1. The minimum Gasteiger partial charge on any atom is -0.508 e. The van der Waals surface area contributed by atoms with Gasteiger partial charge in [0.25, 0.3) is 0 Å². The van der Waals surface area contributed by atoms with Crippen LogP contribution in [0.2, 0.25) is 5.02 Å². The number of allylic oxidation sites excluding steroid dienone is 3. The third-order valence-corrected chi connectivity index (χ3v) is 24.8. The highest BCUT2D eigenvalue weighted by molar-refractivity contribution is 8.76. The van der Waals surface area contributed by atoms with Crippen LogP contribution >= 0.6 is 33.2 Å². The molecule has 15 atom stereocenters. The molecule has 4 aromatic carbocycles. The van der Waals surface area contributed by atoms with Crippen molar-refractivity contribution in [1.82, 2.24) is 52.0 Å². The second kappa shape index (κ2) is 42.8. The second-order valence-corrected chi connectivity index (χ2v) is 33.8. The van der Waals surface area contributed by atoms with Crippen LogP contribution in [0.3, 0.4) is 0 Å². The number of esters is 1. The number of alkyl carbamates (subject to hydrolysis) is 1. The Morgan fingerprint density at radius 1 is 0.788 bits per heavy atom. The first-order valence-electron chi connectivity index (χ1n) is 39.7. The molecule has 13 N–H and O–H groups in total. The van der Waals surface area contributed by atoms with Crippen molar-refractivity contribution in [2.75, 3.05) is 64.9 Å². The first-order chi connectivity index (χ1) is 56.3. The van der Waals surface area contributed by atoms with Gasteiger partial charge in [-0.05, 0) is 132 Å². The van der Waals surface area contributed by atoms with Crippen molar-refractivity contribution < 1.29 is 91.7 Å². The van der Waals surface area contributed by atoms with Crippen LogP contribution in [-0.2, 0) is 92.6 Å². The number of benzene rings is 4. The van der Waals surface area contributed by atoms with E-state index in [1.165, 1.54) is 97.6 Å². The number of aromatic amines is 1. The van der Waals surface area contributed by atoms with Gasteiger partial charge in [-0.1, -0.05) is 125 Å². The average Bonchev–Trinajstić information content (AvgIpc) is 1.57. The lowest BCUT2D eigenvalue weighted by Crippen LogP contribution is -2.63. The normalized spacial score (nSPS) is 26.4. The molecule has 0 saturated carbocycles. The van der Waals surface area contributed by atoms with Gasteiger partial charge >= 0.3 is 12.1 Å². The third kappa shape index (κ3) is 24.5. The summed E-state index contributed by atoms with van der Waals surface area (Å²) in [6, 6.07) is 15.8. The van der Waals surface area contributed by atoms with Crippen LogP contribution in [-0.4, -0.2) is 239 Å². The molecule has 0 aliphatic carbocycles. The van der Waals surface area contributed by atoms with E-state index in [0.29, 0.717) is 65.3 Å². The van der Waals surface area contributed by atoms with Crippen molar-refractivity contribution in [2.45, 2.75) is 209 Å². The number of nitrogens with one attached hydrogen (secondary N) is 8. The van der Waals surface area contributed by atoms with Crippen molar-refractivity contribution in [3.05, 3.63) is 148 Å². The maximum absolute atomic E-state index is 15.2. The first kappa shape index (κ1) is 92.1. The van der Waals surface area contributed by atoms with E-state index in [4.69, 9.17) is 41.0 Å². The number of phenolic OH excluding ortho intramolecular Hbond substituents is 1. The molecule has 3 saturated heterocycles. The number of hydrogen-bond donors (Lipinski definition) is 12. The molecule has 3 fully saturated rings. The predicted molar refractivity (Wildman–Crippen MR) is 447 cm³/mol. The summed E-state index contributed by atoms with van der Waals surface area (Å²) in [5.41, 5.74) is 7.02. The number of H-pyrrole nitrogens is 1. The van der Waals surface area contributed by atoms with E-state index in [1.807, 2.05) is 37.3 Å². The summed E-state index contributed by atoms with van der Waals surface area (Å²) in [7, 11) is 9.94. The minimum atomic E-state index is -1.92. The lowest BCUT2D eigenvalue weighted by Gasteiger charge is -2.42. The van der Waals surface area contributed by atoms with Crippen molar-refractivity contribution in [3.8, 4) is 11.5 Å². The summed E-state index contributed by atoms with van der Waals surface area (Å²) in [6.45, 7) is 8.52. The molecule has 10 amide bonds. The maximum Gasteiger partial charge on any atom is 0.409 e. The van der Waals surface area contributed by atoms with Gasteiger partial charge in [0, 0.05) is 108 Å². The first-order valence-corrected chi connectivity index (χ1v) is 42.5. The Morgan fingerprint density at radius 3 is 2.12 bits per heavy atom. The number of phenols is 1. The fourth-order valence-corrected chi connectivity index (χ4v) is 17.1. The maximum atomic E-state index is 15.2. The molecule has 4 aliphatic rings. The number of carbonyl (C=O) groups is 11. The van der Waals surface area contributed by atoms with Crippen LogP contribution < -0.4 is 52.6 Å². The van der Waals surface area contributed by atoms with E-state index >= 15 is 14.4 Å². The van der Waals surface area contributed by atoms with Crippen molar-refractivity contribution in [1.29, 1.82) is 0 Å². The monoisotopic (exact) mass is 1690 g/mol. The molecule has 5 aromatic rings. The van der Waals surface area contributed by atoms with Gasteiger partial charge in [-0.25, -0.2) is 9.59 Å². The zero-order valence-electron chi connectivity index (χ0n) is 68.2. The van der Waals surface area contributed by atoms with Crippen LogP contribution in [0.25, 0.3) is 10.9 Å². The number of hydrogen-bond acceptors (Lipinski definition) is 22. The molecule has 4 bridgehead atoms. The third-order valence-electron chi connectivity index (χ3n) is 22.0. The molecule has 9 rings (SSSR count). The zero-order valence-corrected chi connectivity index (χ0v) is 70.6. The molecule has 0 unspecified atom stereocenters. The lowest BCUT2D eigenvalue weighted by atomic mass is 9.83. The number of ether oxygens (including phenoxy) is 5. The van der Waals surface area contributed by atoms with Gasteiger partial charge in [0.15, 0.2) is 5.72 Å². The summed E-state index contributed by atoms with van der Waals surface area (Å²) >= 11 is 6.88. The number of aromatic hydroxyl groups is 1. The molecule has 640 valence electrons. The number of unbranched alkanes of at least 4 members (excludes halogenated alkanes) is 2. The Kier molecular flexibility index (Phi) is 33.4. The van der Waals surface area contributed by atoms with E-state index in [2.05, 4.69) is 42.2 Å². The Hall–Kier alpha value is -9.74. The molecule has 1 aromatic heterocycles. The smallest absolute Gasteiger partial charge is 0.409 e. The number of methoxy groups -OCH3 is 2. The Bertz CT molecular complexity index is 4440. The number of amides is 10. The molecule has 0 radical (unpaired) electrons. The van der Waals surface area contributed by atoms with Crippen LogP contribution in [0.1, 0.15) is 121 Å². The summed E-state index contributed by atoms with van der Waals surface area (Å²) in [5, 5.41) is 53.7. The SMILES string of the molecule is COc1cc2cc(c1Cl)N(C)C(=O)C[C@H](OC(=O)[C@H](C)N(C)C(=O)CCSSCCC(=O)NCCCC[C@H]1C(=O)N[C@@H](Cc3ccc(O)cc3)C(=O)N[C@H](Cc3c[nH]c4ccccc34)C(=O)N[C@@H](CCCCN)C(=O)N[C@@H]([C@@H](C)O)C(=O)N[C@@H](Cc3ccccc3)C(=O)N1C)[C@@]1(C)O[C@H]1[C@H](C)[C@@H]1C[C@@](O)(NC(=O)O1)[C@H](OC)/C=C/C=C(\C)C2. The lowest BCUT2D eigenvalue weighted by molar-refractivity contribution is -0.162. The van der Waals surface area contributed by atoms with E-state index in [-0.39, 0.29) is 87.6 Å². The molecule has 0 spiro atoms.